The van der Waals surface area contributed by atoms with Gasteiger partial charge >= 0.3 is 0 Å². The van der Waals surface area contributed by atoms with Crippen molar-refractivity contribution in [1.29, 1.82) is 0 Å². The zero-order chi connectivity index (χ0) is 14.9. The molecule has 2 aromatic rings. The minimum atomic E-state index is -3.55. The Morgan fingerprint density at radius 1 is 1.14 bits per heavy atom. The van der Waals surface area contributed by atoms with Gasteiger partial charge in [0, 0.05) is 0 Å². The lowest BCUT2D eigenvalue weighted by molar-refractivity contribution is 0.00264. The Bertz CT molecular complexity index is 678. The molecule has 3 rings (SSSR count). The van der Waals surface area contributed by atoms with Crippen molar-refractivity contribution in [3.63, 3.8) is 0 Å². The molecule has 1 saturated heterocycles. The van der Waals surface area contributed by atoms with E-state index in [1.165, 1.54) is 6.26 Å². The van der Waals surface area contributed by atoms with Crippen LogP contribution in [0.25, 0.3) is 0 Å². The van der Waals surface area contributed by atoms with Crippen molar-refractivity contribution in [3.05, 3.63) is 54.5 Å². The van der Waals surface area contributed by atoms with Gasteiger partial charge in [0.05, 0.1) is 23.9 Å². The molecule has 0 spiro atoms. The first kappa shape index (κ1) is 14.3. The molecule has 1 fully saturated rings. The monoisotopic (exact) mass is 308 g/mol. The SMILES string of the molecule is O=S(=O)(c1ccccc1)[C@@H]1C[C@@H](CO)O[C@H]1c1ccco1. The van der Waals surface area contributed by atoms with Crippen molar-refractivity contribution in [2.24, 2.45) is 0 Å². The highest BCUT2D eigenvalue weighted by Crippen LogP contribution is 2.39. The summed E-state index contributed by atoms with van der Waals surface area (Å²) < 4.78 is 36.5. The molecule has 0 unspecified atom stereocenters. The first-order chi connectivity index (χ1) is 10.1. The minimum absolute atomic E-state index is 0.210. The summed E-state index contributed by atoms with van der Waals surface area (Å²) in [6, 6.07) is 11.7. The summed E-state index contributed by atoms with van der Waals surface area (Å²) in [5.74, 6) is 0.468. The third-order valence-electron chi connectivity index (χ3n) is 3.67. The Kier molecular flexibility index (Phi) is 3.84. The molecule has 0 radical (unpaired) electrons. The van der Waals surface area contributed by atoms with Gasteiger partial charge in [-0.15, -0.1) is 0 Å². The maximum Gasteiger partial charge on any atom is 0.184 e. The van der Waals surface area contributed by atoms with Crippen LogP contribution in [0, 0.1) is 0 Å². The van der Waals surface area contributed by atoms with Gasteiger partial charge < -0.3 is 14.3 Å². The maximum absolute atomic E-state index is 12.8. The van der Waals surface area contributed by atoms with Crippen LogP contribution in [0.15, 0.2) is 58.0 Å². The van der Waals surface area contributed by atoms with Crippen LogP contribution in [0.3, 0.4) is 0 Å². The molecule has 5 nitrogen and oxygen atoms in total. The Labute approximate surface area is 123 Å². The average molecular weight is 308 g/mol. The number of furan rings is 1. The zero-order valence-electron chi connectivity index (χ0n) is 11.3. The van der Waals surface area contributed by atoms with Crippen LogP contribution < -0.4 is 0 Å². The van der Waals surface area contributed by atoms with E-state index < -0.39 is 27.3 Å². The molecule has 1 aliphatic rings. The quantitative estimate of drug-likeness (QED) is 0.934. The highest BCUT2D eigenvalue weighted by atomic mass is 32.2. The van der Waals surface area contributed by atoms with Crippen molar-refractivity contribution < 1.29 is 22.7 Å². The molecule has 1 aromatic heterocycles. The van der Waals surface area contributed by atoms with Crippen LogP contribution in [0.5, 0.6) is 0 Å². The van der Waals surface area contributed by atoms with Crippen molar-refractivity contribution in [1.82, 2.24) is 0 Å². The predicted molar refractivity (Wildman–Crippen MR) is 75.4 cm³/mol. The van der Waals surface area contributed by atoms with Crippen LogP contribution in [-0.4, -0.2) is 31.5 Å². The fraction of sp³-hybridized carbons (Fsp3) is 0.333. The van der Waals surface area contributed by atoms with Crippen LogP contribution in [0.2, 0.25) is 0 Å². The highest BCUT2D eigenvalue weighted by molar-refractivity contribution is 7.92. The molecule has 21 heavy (non-hydrogen) atoms. The van der Waals surface area contributed by atoms with E-state index in [4.69, 9.17) is 9.15 Å². The predicted octanol–water partition coefficient (Wildman–Crippen LogP) is 1.94. The number of aliphatic hydroxyl groups excluding tert-OH is 1. The minimum Gasteiger partial charge on any atom is -0.467 e. The molecule has 2 heterocycles. The molecule has 112 valence electrons. The summed E-state index contributed by atoms with van der Waals surface area (Å²) in [6.07, 6.45) is 0.543. The van der Waals surface area contributed by atoms with Crippen molar-refractivity contribution in [3.8, 4) is 0 Å². The van der Waals surface area contributed by atoms with E-state index in [1.54, 1.807) is 42.5 Å². The van der Waals surface area contributed by atoms with Gasteiger partial charge in [0.15, 0.2) is 9.84 Å². The Morgan fingerprint density at radius 2 is 1.90 bits per heavy atom. The highest BCUT2D eigenvalue weighted by Gasteiger charge is 2.45. The third-order valence-corrected chi connectivity index (χ3v) is 5.84. The van der Waals surface area contributed by atoms with Crippen LogP contribution in [0.1, 0.15) is 18.3 Å². The maximum atomic E-state index is 12.8. The average Bonchev–Trinajstić information content (AvgIpc) is 3.17. The first-order valence-electron chi connectivity index (χ1n) is 6.71. The van der Waals surface area contributed by atoms with E-state index in [0.29, 0.717) is 5.76 Å². The second-order valence-electron chi connectivity index (χ2n) is 5.01. The van der Waals surface area contributed by atoms with Gasteiger partial charge in [0.1, 0.15) is 17.1 Å². The van der Waals surface area contributed by atoms with Crippen LogP contribution >= 0.6 is 0 Å². The number of aliphatic hydroxyl groups is 1. The molecule has 3 atom stereocenters. The number of benzene rings is 1. The Balaban J connectivity index is 1.98. The number of hydrogen-bond donors (Lipinski definition) is 1. The summed E-state index contributed by atoms with van der Waals surface area (Å²) in [7, 11) is -3.55. The first-order valence-corrected chi connectivity index (χ1v) is 8.26. The molecule has 1 N–H and O–H groups in total. The summed E-state index contributed by atoms with van der Waals surface area (Å²) in [4.78, 5) is 0.258. The molecule has 0 aliphatic carbocycles. The second kappa shape index (κ2) is 5.63. The molecule has 0 bridgehead atoms. The lowest BCUT2D eigenvalue weighted by Crippen LogP contribution is -2.24. The normalized spacial score (nSPS) is 26.0. The lowest BCUT2D eigenvalue weighted by Gasteiger charge is -2.17. The number of hydrogen-bond acceptors (Lipinski definition) is 5. The zero-order valence-corrected chi connectivity index (χ0v) is 12.1. The van der Waals surface area contributed by atoms with Crippen LogP contribution in [-0.2, 0) is 14.6 Å². The topological polar surface area (TPSA) is 76.7 Å². The molecular weight excluding hydrogens is 292 g/mol. The smallest absolute Gasteiger partial charge is 0.184 e. The van der Waals surface area contributed by atoms with Gasteiger partial charge in [-0.3, -0.25) is 0 Å². The molecule has 1 aliphatic heterocycles. The summed E-state index contributed by atoms with van der Waals surface area (Å²) >= 11 is 0. The van der Waals surface area contributed by atoms with E-state index >= 15 is 0 Å². The fourth-order valence-electron chi connectivity index (χ4n) is 2.63. The van der Waals surface area contributed by atoms with Crippen LogP contribution in [0.4, 0.5) is 0 Å². The second-order valence-corrected chi connectivity index (χ2v) is 7.18. The van der Waals surface area contributed by atoms with Gasteiger partial charge in [0.2, 0.25) is 0 Å². The van der Waals surface area contributed by atoms with E-state index in [0.717, 1.165) is 0 Å². The van der Waals surface area contributed by atoms with E-state index in [9.17, 15) is 13.5 Å². The van der Waals surface area contributed by atoms with E-state index in [2.05, 4.69) is 0 Å². The number of sulfone groups is 1. The van der Waals surface area contributed by atoms with Gasteiger partial charge in [-0.1, -0.05) is 18.2 Å². The molecular formula is C15H16O5S. The van der Waals surface area contributed by atoms with Crippen molar-refractivity contribution in [2.45, 2.75) is 28.8 Å². The Hall–Kier alpha value is -1.63. The molecule has 1 aromatic carbocycles. The molecule has 0 amide bonds. The van der Waals surface area contributed by atoms with E-state index in [-0.39, 0.29) is 17.9 Å². The molecule has 6 heteroatoms. The summed E-state index contributed by atoms with van der Waals surface area (Å²) in [5.41, 5.74) is 0. The van der Waals surface area contributed by atoms with Crippen molar-refractivity contribution >= 4 is 9.84 Å². The van der Waals surface area contributed by atoms with Gasteiger partial charge in [0.25, 0.3) is 0 Å². The van der Waals surface area contributed by atoms with Gasteiger partial charge in [-0.05, 0) is 30.7 Å². The molecule has 0 saturated carbocycles. The van der Waals surface area contributed by atoms with Crippen molar-refractivity contribution in [2.75, 3.05) is 6.61 Å². The van der Waals surface area contributed by atoms with E-state index in [1.807, 2.05) is 0 Å². The largest absolute Gasteiger partial charge is 0.467 e. The summed E-state index contributed by atoms with van der Waals surface area (Å²) in [5, 5.41) is 8.52. The van der Waals surface area contributed by atoms with Gasteiger partial charge in [-0.25, -0.2) is 8.42 Å². The number of rotatable bonds is 4. The van der Waals surface area contributed by atoms with Gasteiger partial charge in [-0.2, -0.15) is 0 Å². The standard InChI is InChI=1S/C15H16O5S/c16-10-11-9-14(15(20-11)13-7-4-8-19-13)21(17,18)12-5-2-1-3-6-12/h1-8,11,14-16H,9-10H2/t11-,14+,15-/m0/s1. The summed E-state index contributed by atoms with van der Waals surface area (Å²) in [6.45, 7) is -0.210. The lowest BCUT2D eigenvalue weighted by atomic mass is 10.1. The third kappa shape index (κ3) is 2.62. The Morgan fingerprint density at radius 3 is 2.52 bits per heavy atom. The fourth-order valence-corrected chi connectivity index (χ4v) is 4.51. The number of ether oxygens (including phenoxy) is 1.